The van der Waals surface area contributed by atoms with Crippen LogP contribution in [0.3, 0.4) is 0 Å². The van der Waals surface area contributed by atoms with E-state index in [1.165, 1.54) is 29.0 Å². The summed E-state index contributed by atoms with van der Waals surface area (Å²) >= 11 is 5.88. The number of benzene rings is 2. The fourth-order valence-electron chi connectivity index (χ4n) is 3.18. The highest BCUT2D eigenvalue weighted by molar-refractivity contribution is 7.93. The minimum Gasteiger partial charge on any atom is -0.344 e. The molecule has 0 spiro atoms. The zero-order chi connectivity index (χ0) is 23.0. The third-order valence-electron chi connectivity index (χ3n) is 4.74. The van der Waals surface area contributed by atoms with E-state index >= 15 is 0 Å². The summed E-state index contributed by atoms with van der Waals surface area (Å²) in [5.74, 6) is -0.153. The number of aryl methyl sites for hydroxylation is 1. The Labute approximate surface area is 182 Å². The van der Waals surface area contributed by atoms with E-state index in [1.54, 1.807) is 35.9 Å². The number of hydrogen-bond donors (Lipinski definition) is 1. The molecule has 31 heavy (non-hydrogen) atoms. The molecule has 0 bridgehead atoms. The number of rotatable bonds is 6. The summed E-state index contributed by atoms with van der Waals surface area (Å²) in [6.07, 6.45) is 0.400. The average molecular weight is 471 g/mol. The molecule has 0 radical (unpaired) electrons. The van der Waals surface area contributed by atoms with Crippen molar-refractivity contribution in [2.75, 3.05) is 4.72 Å². The highest BCUT2D eigenvalue weighted by Gasteiger charge is 2.46. The molecule has 0 amide bonds. The quantitative estimate of drug-likeness (QED) is 0.511. The molecule has 0 fully saturated rings. The first-order valence-corrected chi connectivity index (χ1v) is 10.9. The molecule has 0 saturated heterocycles. The third kappa shape index (κ3) is 4.94. The molecule has 0 aliphatic heterocycles. The van der Waals surface area contributed by atoms with Gasteiger partial charge in [0.2, 0.25) is 5.78 Å². The van der Waals surface area contributed by atoms with Crippen molar-refractivity contribution in [1.29, 1.82) is 0 Å². The summed E-state index contributed by atoms with van der Waals surface area (Å²) in [6, 6.07) is 14.0. The molecule has 3 aromatic rings. The van der Waals surface area contributed by atoms with Gasteiger partial charge < -0.3 is 4.57 Å². The molecule has 1 N–H and O–H groups in total. The predicted octanol–water partition coefficient (Wildman–Crippen LogP) is 5.07. The van der Waals surface area contributed by atoms with E-state index in [-0.39, 0.29) is 11.5 Å². The number of nitrogens with zero attached hydrogens (tertiary/aromatic N) is 1. The Morgan fingerprint density at radius 1 is 1.06 bits per heavy atom. The topological polar surface area (TPSA) is 68.2 Å². The molecular weight excluding hydrogens is 453 g/mol. The van der Waals surface area contributed by atoms with Gasteiger partial charge in [-0.3, -0.25) is 9.52 Å². The lowest BCUT2D eigenvalue weighted by atomic mass is 10.1. The van der Waals surface area contributed by atoms with Crippen molar-refractivity contribution in [2.45, 2.75) is 18.9 Å². The Morgan fingerprint density at radius 2 is 1.65 bits per heavy atom. The van der Waals surface area contributed by atoms with E-state index in [0.29, 0.717) is 22.7 Å². The van der Waals surface area contributed by atoms with Gasteiger partial charge in [0.15, 0.2) is 0 Å². The minimum atomic E-state index is -5.47. The Hall–Kier alpha value is -2.78. The van der Waals surface area contributed by atoms with Gasteiger partial charge in [0.1, 0.15) is 0 Å². The van der Waals surface area contributed by atoms with Gasteiger partial charge in [0.05, 0.1) is 5.69 Å². The monoisotopic (exact) mass is 470 g/mol. The largest absolute Gasteiger partial charge is 0.516 e. The summed E-state index contributed by atoms with van der Waals surface area (Å²) in [7, 11) is -3.71. The van der Waals surface area contributed by atoms with Crippen LogP contribution in [-0.2, 0) is 23.5 Å². The van der Waals surface area contributed by atoms with Crippen molar-refractivity contribution < 1.29 is 26.4 Å². The number of carbonyl (C=O) groups is 1. The number of sulfonamides is 1. The van der Waals surface area contributed by atoms with Gasteiger partial charge in [-0.25, -0.2) is 0 Å². The molecule has 3 rings (SSSR count). The Bertz CT molecular complexity index is 1220. The molecule has 1 aromatic heterocycles. The highest BCUT2D eigenvalue weighted by atomic mass is 35.5. The Morgan fingerprint density at radius 3 is 2.19 bits per heavy atom. The van der Waals surface area contributed by atoms with Crippen molar-refractivity contribution in [1.82, 2.24) is 4.57 Å². The maximum Gasteiger partial charge on any atom is 0.516 e. The normalized spacial score (nSPS) is 12.1. The molecule has 0 saturated carbocycles. The van der Waals surface area contributed by atoms with E-state index in [9.17, 15) is 26.4 Å². The zero-order valence-electron chi connectivity index (χ0n) is 16.5. The second-order valence-electron chi connectivity index (χ2n) is 6.99. The SMILES string of the molecule is Cc1cc(Cc2ccc(NS(=O)(=O)C(F)(F)F)cc2)n(C)c1C(=O)c1ccc(Cl)cc1. The van der Waals surface area contributed by atoms with Crippen LogP contribution < -0.4 is 4.72 Å². The summed E-state index contributed by atoms with van der Waals surface area (Å²) in [5, 5.41) is 0.529. The van der Waals surface area contributed by atoms with Crippen molar-refractivity contribution in [3.63, 3.8) is 0 Å². The van der Waals surface area contributed by atoms with Crippen molar-refractivity contribution in [3.8, 4) is 0 Å². The molecule has 0 atom stereocenters. The molecule has 10 heteroatoms. The van der Waals surface area contributed by atoms with Gasteiger partial charge in [0, 0.05) is 35.4 Å². The molecule has 164 valence electrons. The minimum absolute atomic E-state index is 0.153. The number of aromatic nitrogens is 1. The van der Waals surface area contributed by atoms with Gasteiger partial charge >= 0.3 is 15.5 Å². The van der Waals surface area contributed by atoms with Crippen molar-refractivity contribution in [2.24, 2.45) is 7.05 Å². The fraction of sp³-hybridized carbons (Fsp3) is 0.190. The second-order valence-corrected chi connectivity index (χ2v) is 9.10. The second kappa shape index (κ2) is 8.39. The summed E-state index contributed by atoms with van der Waals surface area (Å²) in [5.41, 5.74) is -2.22. The summed E-state index contributed by atoms with van der Waals surface area (Å²) < 4.78 is 63.1. The van der Waals surface area contributed by atoms with Crippen LogP contribution in [0, 0.1) is 6.92 Å². The van der Waals surface area contributed by atoms with Gasteiger partial charge in [-0.1, -0.05) is 23.7 Å². The van der Waals surface area contributed by atoms with Crippen LogP contribution in [0.25, 0.3) is 0 Å². The lowest BCUT2D eigenvalue weighted by Crippen LogP contribution is -2.29. The molecule has 0 unspecified atom stereocenters. The van der Waals surface area contributed by atoms with E-state index in [0.717, 1.165) is 16.8 Å². The average Bonchev–Trinajstić information content (AvgIpc) is 2.95. The number of anilines is 1. The Balaban J connectivity index is 1.80. The smallest absolute Gasteiger partial charge is 0.344 e. The highest BCUT2D eigenvalue weighted by Crippen LogP contribution is 2.26. The fourth-order valence-corrected chi connectivity index (χ4v) is 3.86. The lowest BCUT2D eigenvalue weighted by Gasteiger charge is -2.11. The van der Waals surface area contributed by atoms with Gasteiger partial charge in [-0.15, -0.1) is 0 Å². The number of nitrogens with one attached hydrogen (secondary N) is 1. The number of carbonyl (C=O) groups excluding carboxylic acids is 1. The van der Waals surface area contributed by atoms with Crippen LogP contribution in [0.1, 0.15) is 32.9 Å². The van der Waals surface area contributed by atoms with E-state index in [4.69, 9.17) is 11.6 Å². The van der Waals surface area contributed by atoms with Crippen LogP contribution in [0.5, 0.6) is 0 Å². The van der Waals surface area contributed by atoms with E-state index < -0.39 is 15.5 Å². The molecule has 2 aromatic carbocycles. The van der Waals surface area contributed by atoms with Crippen LogP contribution in [0.4, 0.5) is 18.9 Å². The Kier molecular flexibility index (Phi) is 6.20. The molecular formula is C21H18ClF3N2O3S. The van der Waals surface area contributed by atoms with Crippen LogP contribution in [0.15, 0.2) is 54.6 Å². The number of ketones is 1. The molecule has 0 aliphatic carbocycles. The van der Waals surface area contributed by atoms with Crippen LogP contribution in [0.2, 0.25) is 5.02 Å². The zero-order valence-corrected chi connectivity index (χ0v) is 18.1. The number of alkyl halides is 3. The third-order valence-corrected chi connectivity index (χ3v) is 6.11. The number of halogens is 4. The lowest BCUT2D eigenvalue weighted by molar-refractivity contribution is -0.0429. The molecule has 1 heterocycles. The summed E-state index contributed by atoms with van der Waals surface area (Å²) in [4.78, 5) is 12.9. The first-order chi connectivity index (χ1) is 14.4. The van der Waals surface area contributed by atoms with Gasteiger partial charge in [-0.2, -0.15) is 21.6 Å². The summed E-state index contributed by atoms with van der Waals surface area (Å²) in [6.45, 7) is 1.82. The standard InChI is InChI=1S/C21H18ClF3N2O3S/c1-13-11-18(27(2)19(13)20(28)15-5-7-16(22)8-6-15)12-14-3-9-17(10-4-14)26-31(29,30)21(23,24)25/h3-11,26H,12H2,1-2H3. The van der Waals surface area contributed by atoms with Crippen molar-refractivity contribution in [3.05, 3.63) is 87.7 Å². The first-order valence-electron chi connectivity index (χ1n) is 9.02. The molecule has 0 aliphatic rings. The maximum absolute atomic E-state index is 12.9. The maximum atomic E-state index is 12.9. The van der Waals surface area contributed by atoms with E-state index in [1.807, 2.05) is 13.0 Å². The van der Waals surface area contributed by atoms with E-state index in [2.05, 4.69) is 0 Å². The van der Waals surface area contributed by atoms with Crippen LogP contribution in [-0.4, -0.2) is 24.3 Å². The van der Waals surface area contributed by atoms with Gasteiger partial charge in [0.25, 0.3) is 0 Å². The van der Waals surface area contributed by atoms with Gasteiger partial charge in [-0.05, 0) is 60.5 Å². The van der Waals surface area contributed by atoms with Crippen LogP contribution >= 0.6 is 11.6 Å². The number of hydrogen-bond acceptors (Lipinski definition) is 3. The predicted molar refractivity (Wildman–Crippen MR) is 113 cm³/mol. The van der Waals surface area contributed by atoms with Crippen molar-refractivity contribution >= 4 is 33.1 Å². The molecule has 5 nitrogen and oxygen atoms in total. The first kappa shape index (κ1) is 22.9.